The van der Waals surface area contributed by atoms with Gasteiger partial charge in [0.05, 0.1) is 29.7 Å². The number of furan rings is 1. The minimum Gasteiger partial charge on any atom is -0.467 e. The molecule has 7 heteroatoms. The first-order chi connectivity index (χ1) is 11.0. The van der Waals surface area contributed by atoms with E-state index in [2.05, 4.69) is 10.6 Å². The number of benzene rings is 1. The van der Waals surface area contributed by atoms with Gasteiger partial charge in [-0.2, -0.15) is 0 Å². The molecule has 3 rings (SSSR count). The smallest absolute Gasteiger partial charge is 0.228 e. The second-order valence-corrected chi connectivity index (χ2v) is 5.77. The first-order valence-electron chi connectivity index (χ1n) is 7.10. The highest BCUT2D eigenvalue weighted by Crippen LogP contribution is 2.39. The zero-order chi connectivity index (χ0) is 16.4. The van der Waals surface area contributed by atoms with Gasteiger partial charge in [0.25, 0.3) is 0 Å². The Labute approximate surface area is 136 Å². The molecule has 0 spiro atoms. The number of carbonyl (C=O) groups is 2. The van der Waals surface area contributed by atoms with Crippen LogP contribution in [0.5, 0.6) is 0 Å². The summed E-state index contributed by atoms with van der Waals surface area (Å²) in [5.41, 5.74) is 0.406. The van der Waals surface area contributed by atoms with Crippen LogP contribution in [0, 0.1) is 17.7 Å². The zero-order valence-electron chi connectivity index (χ0n) is 12.0. The molecule has 1 saturated carbocycles. The van der Waals surface area contributed by atoms with E-state index in [1.165, 1.54) is 24.5 Å². The van der Waals surface area contributed by atoms with E-state index < -0.39 is 5.82 Å². The van der Waals surface area contributed by atoms with Gasteiger partial charge in [0, 0.05) is 5.69 Å². The lowest BCUT2D eigenvalue weighted by Crippen LogP contribution is -2.26. The average Bonchev–Trinajstić information content (AvgIpc) is 3.17. The van der Waals surface area contributed by atoms with Crippen molar-refractivity contribution in [1.82, 2.24) is 5.32 Å². The molecular weight excluding hydrogens is 323 g/mol. The number of rotatable bonds is 5. The molecule has 0 radical (unpaired) electrons. The van der Waals surface area contributed by atoms with Crippen LogP contribution in [-0.4, -0.2) is 11.8 Å². The average molecular weight is 337 g/mol. The van der Waals surface area contributed by atoms with Crippen LogP contribution in [0.1, 0.15) is 12.2 Å². The molecule has 120 valence electrons. The van der Waals surface area contributed by atoms with Gasteiger partial charge in [-0.15, -0.1) is 0 Å². The molecule has 1 fully saturated rings. The van der Waals surface area contributed by atoms with Crippen molar-refractivity contribution in [2.45, 2.75) is 13.0 Å². The largest absolute Gasteiger partial charge is 0.467 e. The molecule has 1 heterocycles. The van der Waals surface area contributed by atoms with Crippen molar-refractivity contribution in [3.8, 4) is 0 Å². The van der Waals surface area contributed by atoms with Crippen LogP contribution in [0.3, 0.4) is 0 Å². The third-order valence-corrected chi connectivity index (χ3v) is 3.96. The summed E-state index contributed by atoms with van der Waals surface area (Å²) >= 11 is 5.66. The van der Waals surface area contributed by atoms with E-state index in [4.69, 9.17) is 16.0 Å². The molecule has 1 aliphatic carbocycles. The van der Waals surface area contributed by atoms with Crippen molar-refractivity contribution in [2.75, 3.05) is 5.32 Å². The van der Waals surface area contributed by atoms with Crippen LogP contribution < -0.4 is 10.6 Å². The third kappa shape index (κ3) is 3.71. The van der Waals surface area contributed by atoms with Crippen LogP contribution in [0.2, 0.25) is 5.02 Å². The number of hydrogen-bond acceptors (Lipinski definition) is 3. The van der Waals surface area contributed by atoms with Crippen LogP contribution in [-0.2, 0) is 16.1 Å². The van der Waals surface area contributed by atoms with E-state index in [0.717, 1.165) is 0 Å². The Morgan fingerprint density at radius 1 is 1.26 bits per heavy atom. The lowest BCUT2D eigenvalue weighted by Gasteiger charge is -2.06. The molecule has 2 unspecified atom stereocenters. The molecule has 0 bridgehead atoms. The summed E-state index contributed by atoms with van der Waals surface area (Å²) in [4.78, 5) is 24.0. The maximum absolute atomic E-state index is 13.1. The minimum absolute atomic E-state index is 0.0636. The summed E-state index contributed by atoms with van der Waals surface area (Å²) in [5, 5.41) is 5.30. The number of nitrogens with one attached hydrogen (secondary N) is 2. The van der Waals surface area contributed by atoms with Crippen LogP contribution in [0.25, 0.3) is 0 Å². The van der Waals surface area contributed by atoms with E-state index >= 15 is 0 Å². The predicted molar refractivity (Wildman–Crippen MR) is 82.2 cm³/mol. The Morgan fingerprint density at radius 3 is 2.74 bits per heavy atom. The monoisotopic (exact) mass is 336 g/mol. The second kappa shape index (κ2) is 6.42. The molecule has 1 aromatic carbocycles. The first kappa shape index (κ1) is 15.6. The number of amides is 2. The Bertz CT molecular complexity index is 733. The van der Waals surface area contributed by atoms with Crippen molar-refractivity contribution in [3.05, 3.63) is 53.2 Å². The van der Waals surface area contributed by atoms with E-state index in [1.807, 2.05) is 0 Å². The molecule has 2 aromatic rings. The van der Waals surface area contributed by atoms with E-state index in [0.29, 0.717) is 24.4 Å². The molecular formula is C16H14ClFN2O3. The second-order valence-electron chi connectivity index (χ2n) is 5.36. The van der Waals surface area contributed by atoms with Gasteiger partial charge in [-0.25, -0.2) is 4.39 Å². The molecule has 0 aliphatic heterocycles. The summed E-state index contributed by atoms with van der Waals surface area (Å²) < 4.78 is 18.2. The van der Waals surface area contributed by atoms with Crippen LogP contribution in [0.4, 0.5) is 10.1 Å². The summed E-state index contributed by atoms with van der Waals surface area (Å²) in [6.07, 6.45) is 2.02. The number of hydrogen-bond donors (Lipinski definition) is 2. The first-order valence-corrected chi connectivity index (χ1v) is 7.48. The fourth-order valence-corrected chi connectivity index (χ4v) is 2.48. The van der Waals surface area contributed by atoms with Gasteiger partial charge in [0.2, 0.25) is 11.8 Å². The van der Waals surface area contributed by atoms with E-state index in [9.17, 15) is 14.0 Å². The van der Waals surface area contributed by atoms with Crippen molar-refractivity contribution in [2.24, 2.45) is 11.8 Å². The molecule has 23 heavy (non-hydrogen) atoms. The van der Waals surface area contributed by atoms with Gasteiger partial charge in [0.15, 0.2) is 0 Å². The van der Waals surface area contributed by atoms with E-state index in [1.54, 1.807) is 12.1 Å². The molecule has 1 aromatic heterocycles. The van der Waals surface area contributed by atoms with Crippen molar-refractivity contribution in [3.63, 3.8) is 0 Å². The highest BCUT2D eigenvalue weighted by atomic mass is 35.5. The maximum Gasteiger partial charge on any atom is 0.228 e. The Hall–Kier alpha value is -2.34. The number of anilines is 1. The van der Waals surface area contributed by atoms with Crippen molar-refractivity contribution < 1.29 is 18.4 Å². The maximum atomic E-state index is 13.1. The van der Waals surface area contributed by atoms with Gasteiger partial charge in [-0.1, -0.05) is 11.6 Å². The molecule has 2 atom stereocenters. The lowest BCUT2D eigenvalue weighted by atomic mass is 10.2. The standard InChI is InChI=1S/C16H14ClFN2O3/c17-13-6-9(3-4-14(13)18)20-16(22)12-7-11(12)15(21)19-8-10-2-1-5-23-10/h1-6,11-12H,7-8H2,(H,19,21)(H,20,22). The molecule has 0 saturated heterocycles. The normalized spacial score (nSPS) is 19.2. The number of halogens is 2. The van der Waals surface area contributed by atoms with Gasteiger partial charge < -0.3 is 15.1 Å². The fourth-order valence-electron chi connectivity index (χ4n) is 2.30. The van der Waals surface area contributed by atoms with Crippen LogP contribution >= 0.6 is 11.6 Å². The predicted octanol–water partition coefficient (Wildman–Crippen LogP) is 2.96. The number of carbonyl (C=O) groups excluding carboxylic acids is 2. The van der Waals surface area contributed by atoms with E-state index in [-0.39, 0.29) is 28.7 Å². The molecule has 5 nitrogen and oxygen atoms in total. The van der Waals surface area contributed by atoms with Crippen LogP contribution in [0.15, 0.2) is 41.0 Å². The fraction of sp³-hybridized carbons (Fsp3) is 0.250. The quantitative estimate of drug-likeness (QED) is 0.881. The van der Waals surface area contributed by atoms with Gasteiger partial charge in [0.1, 0.15) is 11.6 Å². The summed E-state index contributed by atoms with van der Waals surface area (Å²) in [7, 11) is 0. The highest BCUT2D eigenvalue weighted by molar-refractivity contribution is 6.31. The topological polar surface area (TPSA) is 71.3 Å². The van der Waals surface area contributed by atoms with Crippen molar-refractivity contribution in [1.29, 1.82) is 0 Å². The summed E-state index contributed by atoms with van der Waals surface area (Å²) in [6, 6.07) is 7.44. The molecule has 2 amide bonds. The third-order valence-electron chi connectivity index (χ3n) is 3.67. The Kier molecular flexibility index (Phi) is 4.34. The lowest BCUT2D eigenvalue weighted by molar-refractivity contribution is -0.125. The van der Waals surface area contributed by atoms with Gasteiger partial charge in [-0.3, -0.25) is 9.59 Å². The van der Waals surface area contributed by atoms with Gasteiger partial charge in [-0.05, 0) is 36.8 Å². The Balaban J connectivity index is 1.50. The summed E-state index contributed by atoms with van der Waals surface area (Å²) in [6.45, 7) is 0.296. The Morgan fingerprint density at radius 2 is 2.04 bits per heavy atom. The molecule has 1 aliphatic rings. The highest BCUT2D eigenvalue weighted by Gasteiger charge is 2.47. The molecule has 2 N–H and O–H groups in total. The minimum atomic E-state index is -0.550. The van der Waals surface area contributed by atoms with Crippen molar-refractivity contribution >= 4 is 29.1 Å². The van der Waals surface area contributed by atoms with Gasteiger partial charge >= 0.3 is 0 Å². The summed E-state index contributed by atoms with van der Waals surface area (Å²) in [5.74, 6) is -1.08. The zero-order valence-corrected chi connectivity index (χ0v) is 12.8. The SMILES string of the molecule is O=C(NCc1ccco1)C1CC1C(=O)Nc1ccc(F)c(Cl)c1.